The molecule has 0 saturated carbocycles. The van der Waals surface area contributed by atoms with Crippen LogP contribution in [0.2, 0.25) is 0 Å². The molecule has 3 N–H and O–H groups in total. The Morgan fingerprint density at radius 1 is 1.32 bits per heavy atom. The highest BCUT2D eigenvalue weighted by molar-refractivity contribution is 5.98. The van der Waals surface area contributed by atoms with Crippen LogP contribution < -0.4 is 15.8 Å². The molecule has 1 amide bonds. The standard InChI is InChI=1S/C14H15N3O2/c1-19-13-11(3-2-4-12(13)15)14(18)17-9-10-5-7-16-8-6-10/h2-8H,9,15H2,1H3,(H,17,18). The third-order valence-corrected chi connectivity index (χ3v) is 2.70. The number of aromatic nitrogens is 1. The number of carbonyl (C=O) groups is 1. The second-order valence-electron chi connectivity index (χ2n) is 3.97. The highest BCUT2D eigenvalue weighted by Crippen LogP contribution is 2.25. The molecule has 98 valence electrons. The molecule has 0 fully saturated rings. The lowest BCUT2D eigenvalue weighted by atomic mass is 10.1. The van der Waals surface area contributed by atoms with Crippen molar-refractivity contribution < 1.29 is 9.53 Å². The van der Waals surface area contributed by atoms with Crippen molar-refractivity contribution >= 4 is 11.6 Å². The summed E-state index contributed by atoms with van der Waals surface area (Å²) in [6.07, 6.45) is 3.37. The first-order valence-electron chi connectivity index (χ1n) is 5.82. The van der Waals surface area contributed by atoms with Crippen LogP contribution >= 0.6 is 0 Å². The molecule has 1 heterocycles. The number of pyridine rings is 1. The molecule has 1 aromatic heterocycles. The summed E-state index contributed by atoms with van der Waals surface area (Å²) in [7, 11) is 1.49. The molecule has 0 aliphatic heterocycles. The molecule has 2 rings (SSSR count). The van der Waals surface area contributed by atoms with E-state index in [9.17, 15) is 4.79 Å². The van der Waals surface area contributed by atoms with Gasteiger partial charge in [-0.2, -0.15) is 0 Å². The number of nitrogens with two attached hydrogens (primary N) is 1. The maximum absolute atomic E-state index is 12.1. The van der Waals surface area contributed by atoms with E-state index in [0.29, 0.717) is 23.5 Å². The van der Waals surface area contributed by atoms with Crippen LogP contribution in [0, 0.1) is 0 Å². The molecule has 0 radical (unpaired) electrons. The molecule has 0 unspecified atom stereocenters. The number of para-hydroxylation sites is 1. The van der Waals surface area contributed by atoms with Crippen molar-refractivity contribution in [2.45, 2.75) is 6.54 Å². The summed E-state index contributed by atoms with van der Waals surface area (Å²) >= 11 is 0. The van der Waals surface area contributed by atoms with Crippen LogP contribution in [0.25, 0.3) is 0 Å². The van der Waals surface area contributed by atoms with Gasteiger partial charge in [-0.1, -0.05) is 6.07 Å². The van der Waals surface area contributed by atoms with Crippen LogP contribution in [0.5, 0.6) is 5.75 Å². The van der Waals surface area contributed by atoms with Gasteiger partial charge in [0.25, 0.3) is 5.91 Å². The van der Waals surface area contributed by atoms with Crippen LogP contribution in [0.1, 0.15) is 15.9 Å². The number of methoxy groups -OCH3 is 1. The Hall–Kier alpha value is -2.56. The summed E-state index contributed by atoms with van der Waals surface area (Å²) < 4.78 is 5.15. The van der Waals surface area contributed by atoms with Gasteiger partial charge in [0.2, 0.25) is 0 Å². The summed E-state index contributed by atoms with van der Waals surface area (Å²) in [5.74, 6) is 0.177. The van der Waals surface area contributed by atoms with Crippen LogP contribution in [-0.2, 0) is 6.54 Å². The molecule has 0 spiro atoms. The predicted molar refractivity (Wildman–Crippen MR) is 72.8 cm³/mol. The van der Waals surface area contributed by atoms with Gasteiger partial charge in [0.15, 0.2) is 5.75 Å². The number of carbonyl (C=O) groups excluding carboxylic acids is 1. The van der Waals surface area contributed by atoms with E-state index in [1.165, 1.54) is 7.11 Å². The molecule has 19 heavy (non-hydrogen) atoms. The first kappa shape index (κ1) is 12.9. The topological polar surface area (TPSA) is 77.2 Å². The van der Waals surface area contributed by atoms with Gasteiger partial charge in [-0.25, -0.2) is 0 Å². The monoisotopic (exact) mass is 257 g/mol. The maximum Gasteiger partial charge on any atom is 0.255 e. The van der Waals surface area contributed by atoms with Gasteiger partial charge in [-0.15, -0.1) is 0 Å². The van der Waals surface area contributed by atoms with E-state index < -0.39 is 0 Å². The van der Waals surface area contributed by atoms with E-state index in [-0.39, 0.29) is 5.91 Å². The van der Waals surface area contributed by atoms with Crippen LogP contribution in [0.15, 0.2) is 42.7 Å². The number of ether oxygens (including phenoxy) is 1. The van der Waals surface area contributed by atoms with Gasteiger partial charge >= 0.3 is 0 Å². The van der Waals surface area contributed by atoms with Crippen molar-refractivity contribution in [2.75, 3.05) is 12.8 Å². The van der Waals surface area contributed by atoms with Gasteiger partial charge in [-0.05, 0) is 29.8 Å². The molecular weight excluding hydrogens is 242 g/mol. The minimum atomic E-state index is -0.221. The van der Waals surface area contributed by atoms with Crippen molar-refractivity contribution in [3.8, 4) is 5.75 Å². The van der Waals surface area contributed by atoms with Crippen molar-refractivity contribution in [2.24, 2.45) is 0 Å². The van der Waals surface area contributed by atoms with Gasteiger partial charge in [-0.3, -0.25) is 9.78 Å². The molecule has 0 aliphatic carbocycles. The summed E-state index contributed by atoms with van der Waals surface area (Å²) in [4.78, 5) is 16.0. The fourth-order valence-electron chi connectivity index (χ4n) is 1.74. The largest absolute Gasteiger partial charge is 0.494 e. The first-order valence-corrected chi connectivity index (χ1v) is 5.82. The first-order chi connectivity index (χ1) is 9.22. The highest BCUT2D eigenvalue weighted by atomic mass is 16.5. The van der Waals surface area contributed by atoms with Crippen molar-refractivity contribution in [1.29, 1.82) is 0 Å². The van der Waals surface area contributed by atoms with E-state index in [1.54, 1.807) is 30.6 Å². The quantitative estimate of drug-likeness (QED) is 0.816. The Balaban J connectivity index is 2.10. The SMILES string of the molecule is COc1c(N)cccc1C(=O)NCc1ccncc1. The smallest absolute Gasteiger partial charge is 0.255 e. The minimum absolute atomic E-state index is 0.221. The summed E-state index contributed by atoms with van der Waals surface area (Å²) in [6.45, 7) is 0.430. The lowest BCUT2D eigenvalue weighted by molar-refractivity contribution is 0.0948. The van der Waals surface area contributed by atoms with E-state index in [0.717, 1.165) is 5.56 Å². The maximum atomic E-state index is 12.1. The number of nitrogen functional groups attached to an aromatic ring is 1. The number of hydrogen-bond donors (Lipinski definition) is 2. The summed E-state index contributed by atoms with van der Waals surface area (Å²) in [5.41, 5.74) is 7.61. The zero-order valence-corrected chi connectivity index (χ0v) is 10.6. The summed E-state index contributed by atoms with van der Waals surface area (Å²) in [5, 5.41) is 2.81. The zero-order valence-electron chi connectivity index (χ0n) is 10.6. The molecule has 1 aromatic carbocycles. The molecule has 0 aliphatic rings. The normalized spacial score (nSPS) is 9.95. The molecule has 0 saturated heterocycles. The van der Waals surface area contributed by atoms with Crippen molar-refractivity contribution in [1.82, 2.24) is 10.3 Å². The predicted octanol–water partition coefficient (Wildman–Crippen LogP) is 1.60. The molecule has 5 nitrogen and oxygen atoms in total. The zero-order chi connectivity index (χ0) is 13.7. The van der Waals surface area contributed by atoms with Crippen LogP contribution in [0.3, 0.4) is 0 Å². The number of benzene rings is 1. The van der Waals surface area contributed by atoms with Crippen LogP contribution in [0.4, 0.5) is 5.69 Å². The summed E-state index contributed by atoms with van der Waals surface area (Å²) in [6, 6.07) is 8.78. The molecule has 0 atom stereocenters. The Morgan fingerprint density at radius 2 is 2.05 bits per heavy atom. The lowest BCUT2D eigenvalue weighted by Gasteiger charge is -2.11. The third kappa shape index (κ3) is 3.01. The van der Waals surface area contributed by atoms with E-state index in [2.05, 4.69) is 10.3 Å². The van der Waals surface area contributed by atoms with Crippen molar-refractivity contribution in [3.05, 3.63) is 53.9 Å². The second-order valence-corrected chi connectivity index (χ2v) is 3.97. The molecular formula is C14H15N3O2. The average Bonchev–Trinajstić information content (AvgIpc) is 2.45. The van der Waals surface area contributed by atoms with Gasteiger partial charge < -0.3 is 15.8 Å². The minimum Gasteiger partial charge on any atom is -0.494 e. The Morgan fingerprint density at radius 3 is 2.74 bits per heavy atom. The molecule has 2 aromatic rings. The van der Waals surface area contributed by atoms with Gasteiger partial charge in [0, 0.05) is 18.9 Å². The van der Waals surface area contributed by atoms with Gasteiger partial charge in [0.05, 0.1) is 18.4 Å². The average molecular weight is 257 g/mol. The fourth-order valence-corrected chi connectivity index (χ4v) is 1.74. The van der Waals surface area contributed by atoms with Crippen LogP contribution in [-0.4, -0.2) is 18.0 Å². The number of anilines is 1. The van der Waals surface area contributed by atoms with Crippen molar-refractivity contribution in [3.63, 3.8) is 0 Å². The van der Waals surface area contributed by atoms with E-state index in [1.807, 2.05) is 12.1 Å². The van der Waals surface area contributed by atoms with Gasteiger partial charge in [0.1, 0.15) is 0 Å². The number of nitrogens with one attached hydrogen (secondary N) is 1. The Bertz CT molecular complexity index is 570. The van der Waals surface area contributed by atoms with E-state index in [4.69, 9.17) is 10.5 Å². The Labute approximate surface area is 111 Å². The van der Waals surface area contributed by atoms with E-state index >= 15 is 0 Å². The number of hydrogen-bond acceptors (Lipinski definition) is 4. The number of rotatable bonds is 4. The second kappa shape index (κ2) is 5.86. The Kier molecular flexibility index (Phi) is 3.97. The molecule has 0 bridgehead atoms. The highest BCUT2D eigenvalue weighted by Gasteiger charge is 2.13. The third-order valence-electron chi connectivity index (χ3n) is 2.70. The molecule has 5 heteroatoms. The lowest BCUT2D eigenvalue weighted by Crippen LogP contribution is -2.23. The number of nitrogens with zero attached hydrogens (tertiary/aromatic N) is 1. The number of amides is 1. The fraction of sp³-hybridized carbons (Fsp3) is 0.143.